The average Bonchev–Trinajstić information content (AvgIpc) is 2.63. The molecule has 0 radical (unpaired) electrons. The van der Waals surface area contributed by atoms with Gasteiger partial charge in [-0.3, -0.25) is 14.9 Å². The van der Waals surface area contributed by atoms with Crippen LogP contribution >= 0.6 is 0 Å². The van der Waals surface area contributed by atoms with Crippen molar-refractivity contribution in [1.82, 2.24) is 9.97 Å². The first-order valence-electron chi connectivity index (χ1n) is 7.97. The predicted octanol–water partition coefficient (Wildman–Crippen LogP) is 2.76. The smallest absolute Gasteiger partial charge is 0.373 e. The highest BCUT2D eigenvalue weighted by Crippen LogP contribution is 2.38. The van der Waals surface area contributed by atoms with E-state index >= 15 is 0 Å². The molecule has 1 N–H and O–H groups in total. The Morgan fingerprint density at radius 1 is 1.30 bits per heavy atom. The van der Waals surface area contributed by atoms with Gasteiger partial charge >= 0.3 is 17.5 Å². The molecular formula is C16H14F2N4O5. The Bertz CT molecular complexity index is 887. The van der Waals surface area contributed by atoms with E-state index in [4.69, 9.17) is 9.84 Å². The maximum atomic E-state index is 13.8. The predicted molar refractivity (Wildman–Crippen MR) is 87.7 cm³/mol. The van der Waals surface area contributed by atoms with E-state index in [0.717, 1.165) is 18.5 Å². The summed E-state index contributed by atoms with van der Waals surface area (Å²) in [7, 11) is 0. The molecule has 3 rings (SSSR count). The summed E-state index contributed by atoms with van der Waals surface area (Å²) in [5, 5.41) is 20.6. The van der Waals surface area contributed by atoms with Gasteiger partial charge in [-0.25, -0.2) is 13.8 Å². The number of halogens is 2. The van der Waals surface area contributed by atoms with Crippen LogP contribution in [0.4, 0.5) is 20.3 Å². The van der Waals surface area contributed by atoms with Gasteiger partial charge in [-0.2, -0.15) is 4.98 Å². The van der Waals surface area contributed by atoms with Gasteiger partial charge in [0.2, 0.25) is 5.82 Å². The Hall–Kier alpha value is -3.37. The van der Waals surface area contributed by atoms with E-state index in [0.29, 0.717) is 18.9 Å². The molecule has 2 heterocycles. The summed E-state index contributed by atoms with van der Waals surface area (Å²) in [6.45, 7) is 0.498. The van der Waals surface area contributed by atoms with Crippen LogP contribution in [0.25, 0.3) is 0 Å². The van der Waals surface area contributed by atoms with Gasteiger partial charge in [0.05, 0.1) is 10.8 Å². The van der Waals surface area contributed by atoms with Gasteiger partial charge in [0.15, 0.2) is 11.6 Å². The number of nitro groups is 1. The van der Waals surface area contributed by atoms with Crippen LogP contribution in [-0.2, 0) is 4.79 Å². The monoisotopic (exact) mass is 380 g/mol. The molecule has 2 aromatic rings. The number of benzene rings is 1. The lowest BCUT2D eigenvalue weighted by Gasteiger charge is -2.30. The van der Waals surface area contributed by atoms with Gasteiger partial charge < -0.3 is 14.7 Å². The number of ether oxygens (including phenoxy) is 1. The van der Waals surface area contributed by atoms with E-state index in [1.54, 1.807) is 4.90 Å². The van der Waals surface area contributed by atoms with E-state index < -0.39 is 45.8 Å². The maximum Gasteiger partial charge on any atom is 0.373 e. The summed E-state index contributed by atoms with van der Waals surface area (Å²) in [6.07, 6.45) is 1.64. The Balaban J connectivity index is 1.91. The van der Waals surface area contributed by atoms with E-state index in [1.165, 1.54) is 0 Å². The molecule has 1 aliphatic rings. The lowest BCUT2D eigenvalue weighted by Crippen LogP contribution is -2.37. The normalized spacial score (nSPS) is 14.8. The fourth-order valence-electron chi connectivity index (χ4n) is 2.82. The van der Waals surface area contributed by atoms with Crippen LogP contribution in [0.3, 0.4) is 0 Å². The molecule has 0 saturated carbocycles. The van der Waals surface area contributed by atoms with Crippen LogP contribution < -0.4 is 9.64 Å². The number of aromatic nitrogens is 2. The van der Waals surface area contributed by atoms with Crippen molar-refractivity contribution in [3.63, 3.8) is 0 Å². The highest BCUT2D eigenvalue weighted by atomic mass is 19.1. The van der Waals surface area contributed by atoms with Gasteiger partial charge in [-0.05, 0) is 25.0 Å². The highest BCUT2D eigenvalue weighted by molar-refractivity contribution is 5.71. The molecule has 1 fully saturated rings. The molecule has 11 heteroatoms. The molecule has 1 aliphatic heterocycles. The van der Waals surface area contributed by atoms with E-state index in [9.17, 15) is 23.7 Å². The van der Waals surface area contributed by atoms with Crippen molar-refractivity contribution in [3.8, 4) is 11.6 Å². The van der Waals surface area contributed by atoms with Crippen molar-refractivity contribution in [2.75, 3.05) is 18.0 Å². The molecule has 0 unspecified atom stereocenters. The van der Waals surface area contributed by atoms with Crippen molar-refractivity contribution >= 4 is 17.5 Å². The van der Waals surface area contributed by atoms with Crippen molar-refractivity contribution in [2.24, 2.45) is 5.92 Å². The first-order chi connectivity index (χ1) is 12.9. The van der Waals surface area contributed by atoms with Crippen molar-refractivity contribution in [1.29, 1.82) is 0 Å². The van der Waals surface area contributed by atoms with Gasteiger partial charge in [0.1, 0.15) is 12.1 Å². The number of carboxylic acids is 1. The number of anilines is 1. The molecular weight excluding hydrogens is 366 g/mol. The second-order valence-electron chi connectivity index (χ2n) is 5.88. The van der Waals surface area contributed by atoms with Gasteiger partial charge in [-0.1, -0.05) is 0 Å². The quantitative estimate of drug-likeness (QED) is 0.621. The Morgan fingerprint density at radius 3 is 2.59 bits per heavy atom. The Labute approximate surface area is 151 Å². The second kappa shape index (κ2) is 7.48. The molecule has 0 aliphatic carbocycles. The number of aliphatic carboxylic acids is 1. The van der Waals surface area contributed by atoms with Crippen molar-refractivity contribution < 1.29 is 28.3 Å². The van der Waals surface area contributed by atoms with Crippen LogP contribution in [0.1, 0.15) is 12.8 Å². The first-order valence-corrected chi connectivity index (χ1v) is 7.97. The Kier molecular flexibility index (Phi) is 5.10. The van der Waals surface area contributed by atoms with E-state index in [1.807, 2.05) is 0 Å². The number of piperidine rings is 1. The van der Waals surface area contributed by atoms with Gasteiger partial charge in [-0.15, -0.1) is 0 Å². The van der Waals surface area contributed by atoms with E-state index in [2.05, 4.69) is 9.97 Å². The third kappa shape index (κ3) is 3.91. The van der Waals surface area contributed by atoms with Crippen LogP contribution in [0.15, 0.2) is 24.5 Å². The Morgan fingerprint density at radius 2 is 2.00 bits per heavy atom. The minimum Gasteiger partial charge on any atom is -0.481 e. The number of rotatable bonds is 5. The minimum absolute atomic E-state index is 0.0450. The fourth-order valence-corrected chi connectivity index (χ4v) is 2.82. The van der Waals surface area contributed by atoms with Gasteiger partial charge in [0.25, 0.3) is 0 Å². The zero-order chi connectivity index (χ0) is 19.6. The fraction of sp³-hybridized carbons (Fsp3) is 0.312. The molecule has 9 nitrogen and oxygen atoms in total. The number of carboxylic acid groups (broad SMARTS) is 1. The molecule has 0 amide bonds. The van der Waals surface area contributed by atoms with Crippen LogP contribution in [-0.4, -0.2) is 39.1 Å². The third-order valence-electron chi connectivity index (χ3n) is 4.20. The zero-order valence-corrected chi connectivity index (χ0v) is 13.8. The number of nitrogens with zero attached hydrogens (tertiary/aromatic N) is 4. The zero-order valence-electron chi connectivity index (χ0n) is 13.8. The molecule has 142 valence electrons. The standard InChI is InChI=1S/C16H14F2N4O5/c17-10-1-2-12(11(18)7-10)27-15-13(22(25)26)14(19-8-20-15)21-5-3-9(4-6-21)16(23)24/h1-2,7-9H,3-6H2,(H,23,24). The largest absolute Gasteiger partial charge is 0.481 e. The molecule has 1 aromatic carbocycles. The lowest BCUT2D eigenvalue weighted by molar-refractivity contribution is -0.385. The van der Waals surface area contributed by atoms with Crippen LogP contribution in [0.5, 0.6) is 11.6 Å². The summed E-state index contributed by atoms with van der Waals surface area (Å²) in [4.78, 5) is 31.0. The molecule has 27 heavy (non-hydrogen) atoms. The molecule has 0 spiro atoms. The SMILES string of the molecule is O=C(O)C1CCN(c2ncnc(Oc3ccc(F)cc3F)c2[N+](=O)[O-])CC1. The summed E-state index contributed by atoms with van der Waals surface area (Å²) in [6, 6.07) is 2.53. The first kappa shape index (κ1) is 18.4. The van der Waals surface area contributed by atoms with E-state index in [-0.39, 0.29) is 18.9 Å². The maximum absolute atomic E-state index is 13.8. The summed E-state index contributed by atoms with van der Waals surface area (Å²) >= 11 is 0. The molecule has 1 aromatic heterocycles. The number of carbonyl (C=O) groups is 1. The summed E-state index contributed by atoms with van der Waals surface area (Å²) < 4.78 is 32.0. The van der Waals surface area contributed by atoms with Gasteiger partial charge in [0, 0.05) is 19.2 Å². The summed E-state index contributed by atoms with van der Waals surface area (Å²) in [5.41, 5.74) is -0.574. The average molecular weight is 380 g/mol. The lowest BCUT2D eigenvalue weighted by atomic mass is 9.97. The van der Waals surface area contributed by atoms with Crippen molar-refractivity contribution in [2.45, 2.75) is 12.8 Å². The second-order valence-corrected chi connectivity index (χ2v) is 5.88. The third-order valence-corrected chi connectivity index (χ3v) is 4.20. The van der Waals surface area contributed by atoms with Crippen LogP contribution in [0, 0.1) is 27.7 Å². The topological polar surface area (TPSA) is 119 Å². The molecule has 1 saturated heterocycles. The van der Waals surface area contributed by atoms with Crippen LogP contribution in [0.2, 0.25) is 0 Å². The molecule has 0 bridgehead atoms. The van der Waals surface area contributed by atoms with Crippen molar-refractivity contribution in [3.05, 3.63) is 46.3 Å². The molecule has 0 atom stereocenters. The summed E-state index contributed by atoms with van der Waals surface area (Å²) in [5.74, 6) is -4.25. The highest BCUT2D eigenvalue weighted by Gasteiger charge is 2.32. The number of hydrogen-bond acceptors (Lipinski definition) is 7. The minimum atomic E-state index is -1.04. The number of hydrogen-bond donors (Lipinski definition) is 1.